The van der Waals surface area contributed by atoms with Gasteiger partial charge in [0, 0.05) is 5.33 Å². The van der Waals surface area contributed by atoms with Gasteiger partial charge in [-0.3, -0.25) is 19.6 Å². The zero-order chi connectivity index (χ0) is 12.2. The molecule has 0 amide bonds. The molecule has 16 heavy (non-hydrogen) atoms. The largest absolute Gasteiger partial charge is 0.291 e. The molecule has 1 heterocycles. The first-order valence-electron chi connectivity index (χ1n) is 4.33. The van der Waals surface area contributed by atoms with Crippen molar-refractivity contribution in [2.75, 3.05) is 17.1 Å². The Hall–Kier alpha value is -0.640. The van der Waals surface area contributed by atoms with Crippen LogP contribution in [0.2, 0.25) is 0 Å². The number of hydrogen-bond donors (Lipinski definition) is 2. The molecule has 0 atom stereocenters. The van der Waals surface area contributed by atoms with Crippen LogP contribution in [0.5, 0.6) is 0 Å². The molecule has 0 aliphatic carbocycles. The number of nitrogens with zero attached hydrogens (tertiary/aromatic N) is 2. The van der Waals surface area contributed by atoms with E-state index in [0.717, 1.165) is 6.26 Å². The smallest absolute Gasteiger partial charge is 0.264 e. The molecule has 0 fully saturated rings. The van der Waals surface area contributed by atoms with Gasteiger partial charge in [0.05, 0.1) is 24.7 Å². The van der Waals surface area contributed by atoms with Crippen molar-refractivity contribution < 1.29 is 17.8 Å². The third-order valence-electron chi connectivity index (χ3n) is 1.78. The molecular formula is C7H12BrN3O4S. The van der Waals surface area contributed by atoms with E-state index in [-0.39, 0.29) is 6.61 Å². The fourth-order valence-electron chi connectivity index (χ4n) is 1.09. The van der Waals surface area contributed by atoms with Crippen LogP contribution in [0, 0.1) is 0 Å². The number of alkyl halides is 1. The highest BCUT2D eigenvalue weighted by Gasteiger charge is 2.13. The van der Waals surface area contributed by atoms with Crippen LogP contribution in [0.25, 0.3) is 0 Å². The second-order valence-corrected chi connectivity index (χ2v) is 5.43. The normalized spacial score (nSPS) is 11.7. The van der Waals surface area contributed by atoms with Crippen LogP contribution in [0.1, 0.15) is 5.69 Å². The summed E-state index contributed by atoms with van der Waals surface area (Å²) in [4.78, 5) is 0. The molecular weight excluding hydrogens is 302 g/mol. The summed E-state index contributed by atoms with van der Waals surface area (Å²) in [5, 5.41) is 13.4. The third kappa shape index (κ3) is 3.74. The molecule has 1 aromatic rings. The van der Waals surface area contributed by atoms with E-state index in [2.05, 4.69) is 25.2 Å². The van der Waals surface area contributed by atoms with Gasteiger partial charge in [-0.2, -0.15) is 13.5 Å². The summed E-state index contributed by atoms with van der Waals surface area (Å²) in [6.07, 6.45) is 2.36. The van der Waals surface area contributed by atoms with Gasteiger partial charge in [0.1, 0.15) is 12.3 Å². The number of aryl methyl sites for hydroxylation is 1. The van der Waals surface area contributed by atoms with Gasteiger partial charge in [-0.05, 0) is 0 Å². The molecule has 0 bridgehead atoms. The molecule has 0 aliphatic heterocycles. The lowest BCUT2D eigenvalue weighted by Crippen LogP contribution is -2.11. The Bertz CT molecular complexity index is 444. The van der Waals surface area contributed by atoms with Gasteiger partial charge in [0.25, 0.3) is 10.1 Å². The maximum atomic E-state index is 10.9. The van der Waals surface area contributed by atoms with Crippen molar-refractivity contribution in [3.8, 4) is 0 Å². The first kappa shape index (κ1) is 13.4. The summed E-state index contributed by atoms with van der Waals surface area (Å²) in [6, 6.07) is 0. The number of aromatic nitrogens is 2. The van der Waals surface area contributed by atoms with E-state index in [1.54, 1.807) is 4.68 Å². The molecule has 9 heteroatoms. The van der Waals surface area contributed by atoms with Crippen molar-refractivity contribution in [1.82, 2.24) is 9.78 Å². The van der Waals surface area contributed by atoms with Crippen LogP contribution < -0.4 is 5.48 Å². The van der Waals surface area contributed by atoms with Crippen molar-refractivity contribution in [3.05, 3.63) is 11.9 Å². The molecule has 7 nitrogen and oxygen atoms in total. The lowest BCUT2D eigenvalue weighted by atomic mass is 10.4. The van der Waals surface area contributed by atoms with Gasteiger partial charge in [-0.15, -0.1) is 0 Å². The van der Waals surface area contributed by atoms with Crippen molar-refractivity contribution >= 4 is 31.7 Å². The first-order chi connectivity index (χ1) is 7.48. The third-order valence-corrected chi connectivity index (χ3v) is 2.68. The number of rotatable bonds is 6. The number of hydrogen-bond acceptors (Lipinski definition) is 6. The predicted octanol–water partition coefficient (Wildman–Crippen LogP) is 0.555. The zero-order valence-corrected chi connectivity index (χ0v) is 11.0. The molecule has 0 saturated heterocycles. The van der Waals surface area contributed by atoms with Crippen LogP contribution in [-0.2, 0) is 27.5 Å². The SMILES string of the molecule is CS(=O)(=O)OCc1c(NO)cnn1CCBr. The lowest BCUT2D eigenvalue weighted by molar-refractivity contribution is 0.297. The molecule has 1 rings (SSSR count). The fraction of sp³-hybridized carbons (Fsp3) is 0.571. The average Bonchev–Trinajstić information content (AvgIpc) is 2.57. The van der Waals surface area contributed by atoms with E-state index >= 15 is 0 Å². The second-order valence-electron chi connectivity index (χ2n) is 3.00. The van der Waals surface area contributed by atoms with E-state index in [9.17, 15) is 8.42 Å². The molecule has 92 valence electrons. The Labute approximate surface area is 102 Å². The molecule has 0 spiro atoms. The summed E-state index contributed by atoms with van der Waals surface area (Å²) in [5.74, 6) is 0. The maximum Gasteiger partial charge on any atom is 0.264 e. The van der Waals surface area contributed by atoms with E-state index < -0.39 is 10.1 Å². The summed E-state index contributed by atoms with van der Waals surface area (Å²) in [5.41, 5.74) is 2.73. The Morgan fingerprint density at radius 2 is 2.38 bits per heavy atom. The Morgan fingerprint density at radius 1 is 1.69 bits per heavy atom. The summed E-state index contributed by atoms with van der Waals surface area (Å²) in [7, 11) is -3.52. The number of anilines is 1. The number of nitrogens with one attached hydrogen (secondary N) is 1. The highest BCUT2D eigenvalue weighted by molar-refractivity contribution is 9.09. The van der Waals surface area contributed by atoms with Gasteiger partial charge in [0.15, 0.2) is 0 Å². The molecule has 2 N–H and O–H groups in total. The molecule has 0 aliphatic rings. The molecule has 0 saturated carbocycles. The van der Waals surface area contributed by atoms with Crippen molar-refractivity contribution in [1.29, 1.82) is 0 Å². The van der Waals surface area contributed by atoms with E-state index in [1.165, 1.54) is 6.20 Å². The van der Waals surface area contributed by atoms with Gasteiger partial charge in [-0.1, -0.05) is 15.9 Å². The second kappa shape index (κ2) is 5.62. The summed E-state index contributed by atoms with van der Waals surface area (Å²) < 4.78 is 27.9. The van der Waals surface area contributed by atoms with E-state index in [1.807, 2.05) is 5.48 Å². The standard InChI is InChI=1S/C7H12BrN3O4S/c1-16(13,14)15-5-7-6(10-12)4-9-11(7)3-2-8/h4,10,12H,2-3,5H2,1H3. The van der Waals surface area contributed by atoms with Crippen molar-refractivity contribution in [2.24, 2.45) is 0 Å². The Kier molecular flexibility index (Phi) is 4.71. The summed E-state index contributed by atoms with van der Waals surface area (Å²) >= 11 is 3.24. The average molecular weight is 314 g/mol. The van der Waals surface area contributed by atoms with Crippen LogP contribution in [0.15, 0.2) is 6.20 Å². The first-order valence-corrected chi connectivity index (χ1v) is 7.27. The minimum Gasteiger partial charge on any atom is -0.291 e. The highest BCUT2D eigenvalue weighted by Crippen LogP contribution is 2.16. The molecule has 0 unspecified atom stereocenters. The zero-order valence-electron chi connectivity index (χ0n) is 8.55. The van der Waals surface area contributed by atoms with Crippen LogP contribution >= 0.6 is 15.9 Å². The predicted molar refractivity (Wildman–Crippen MR) is 61.1 cm³/mol. The lowest BCUT2D eigenvalue weighted by Gasteiger charge is -2.07. The Balaban J connectivity index is 2.86. The van der Waals surface area contributed by atoms with Crippen LogP contribution in [-0.4, -0.2) is 35.0 Å². The molecule has 1 aromatic heterocycles. The monoisotopic (exact) mass is 313 g/mol. The quantitative estimate of drug-likeness (QED) is 0.453. The highest BCUT2D eigenvalue weighted by atomic mass is 79.9. The summed E-state index contributed by atoms with van der Waals surface area (Å²) in [6.45, 7) is 0.374. The van der Waals surface area contributed by atoms with E-state index in [4.69, 9.17) is 5.21 Å². The minimum absolute atomic E-state index is 0.172. The van der Waals surface area contributed by atoms with Gasteiger partial charge in [0.2, 0.25) is 0 Å². The van der Waals surface area contributed by atoms with Crippen molar-refractivity contribution in [3.63, 3.8) is 0 Å². The number of halogens is 1. The van der Waals surface area contributed by atoms with Gasteiger partial charge < -0.3 is 0 Å². The van der Waals surface area contributed by atoms with E-state index in [0.29, 0.717) is 23.3 Å². The topological polar surface area (TPSA) is 93.5 Å². The van der Waals surface area contributed by atoms with Crippen LogP contribution in [0.4, 0.5) is 5.69 Å². The van der Waals surface area contributed by atoms with Gasteiger partial charge >= 0.3 is 0 Å². The van der Waals surface area contributed by atoms with Gasteiger partial charge in [-0.25, -0.2) is 0 Å². The molecule has 0 aromatic carbocycles. The Morgan fingerprint density at radius 3 is 2.88 bits per heavy atom. The molecule has 0 radical (unpaired) electrons. The maximum absolute atomic E-state index is 10.9. The fourth-order valence-corrected chi connectivity index (χ4v) is 1.75. The minimum atomic E-state index is -3.52. The van der Waals surface area contributed by atoms with Crippen molar-refractivity contribution in [2.45, 2.75) is 13.2 Å². The van der Waals surface area contributed by atoms with Crippen LogP contribution in [0.3, 0.4) is 0 Å².